The van der Waals surface area contributed by atoms with E-state index in [1.54, 1.807) is 0 Å². The fourth-order valence-electron chi connectivity index (χ4n) is 0. The SMILES string of the molecule is F.O.O.O.O.O.O. The average molecular weight is 128 g/mol. The van der Waals surface area contributed by atoms with Crippen LogP contribution in [0.3, 0.4) is 0 Å². The van der Waals surface area contributed by atoms with Gasteiger partial charge in [0.1, 0.15) is 0 Å². The quantitative estimate of drug-likeness (QED) is 0.302. The first kappa shape index (κ1) is 2250. The van der Waals surface area contributed by atoms with E-state index in [4.69, 9.17) is 0 Å². The molecule has 0 aromatic heterocycles. The van der Waals surface area contributed by atoms with Gasteiger partial charge in [-0.1, -0.05) is 0 Å². The molecule has 0 spiro atoms. The molecule has 0 saturated carbocycles. The Balaban J connectivity index is 0. The summed E-state index contributed by atoms with van der Waals surface area (Å²) in [7, 11) is 0. The Morgan fingerprint density at radius 2 is 0.286 bits per heavy atom. The molecule has 0 aliphatic heterocycles. The first-order chi connectivity index (χ1) is 0. The molecule has 0 radical (unpaired) electrons. The Hall–Kier alpha value is -0.310. The highest BCUT2D eigenvalue weighted by Gasteiger charge is -0.269. The largest absolute Gasteiger partial charge is 0.412 e. The maximum Gasteiger partial charge on any atom is -0.269 e. The average Bonchev–Trinajstić information content (AvgIpc) is 0. The second-order valence-corrected chi connectivity index (χ2v) is 0. The first-order valence-electron chi connectivity index (χ1n) is 0. The maximum absolute atomic E-state index is 0. The van der Waals surface area contributed by atoms with E-state index in [1.807, 2.05) is 0 Å². The van der Waals surface area contributed by atoms with Gasteiger partial charge in [-0.3, -0.25) is 4.70 Å². The highest BCUT2D eigenvalue weighted by Crippen LogP contribution is 0.420. The maximum atomic E-state index is 0. The Labute approximate surface area is 39.0 Å². The standard InChI is InChI=1S/FH.6H2O/h1H;6*1H2. The molecule has 0 bridgehead atoms. The van der Waals surface area contributed by atoms with E-state index in [-0.39, 0.29) is 37.6 Å². The van der Waals surface area contributed by atoms with Gasteiger partial charge in [0.25, 0.3) is 0 Å². The molecule has 0 fully saturated rings. The van der Waals surface area contributed by atoms with E-state index < -0.39 is 0 Å². The Bertz CT molecular complexity index is 4.14. The number of halogens is 1. The van der Waals surface area contributed by atoms with Crippen LogP contribution in [0.4, 0.5) is 4.70 Å². The van der Waals surface area contributed by atoms with E-state index in [1.165, 1.54) is 0 Å². The summed E-state index contributed by atoms with van der Waals surface area (Å²) in [5.74, 6) is 0. The van der Waals surface area contributed by atoms with Gasteiger partial charge in [0.05, 0.1) is 0 Å². The van der Waals surface area contributed by atoms with Crippen LogP contribution in [0.5, 0.6) is 0 Å². The molecule has 12 N–H and O–H groups in total. The molecular weight excluding hydrogens is 115 g/mol. The van der Waals surface area contributed by atoms with E-state index in [0.717, 1.165) is 0 Å². The summed E-state index contributed by atoms with van der Waals surface area (Å²) in [5.41, 5.74) is 0. The Morgan fingerprint density at radius 1 is 0.286 bits per heavy atom. The monoisotopic (exact) mass is 128 g/mol. The molecule has 0 rings (SSSR count). The lowest BCUT2D eigenvalue weighted by Gasteiger charge is -0.413. The molecule has 0 heterocycles. The minimum atomic E-state index is 0. The van der Waals surface area contributed by atoms with Crippen LogP contribution in [0.15, 0.2) is 0 Å². The van der Waals surface area contributed by atoms with Crippen molar-refractivity contribution in [3.8, 4) is 0 Å². The Morgan fingerprint density at radius 3 is 0.286 bits per heavy atom. The van der Waals surface area contributed by atoms with Gasteiger partial charge in [0.2, 0.25) is 0 Å². The van der Waals surface area contributed by atoms with Gasteiger partial charge >= 0.3 is 0 Å². The molecule has 0 aliphatic rings. The van der Waals surface area contributed by atoms with E-state index in [2.05, 4.69) is 0 Å². The van der Waals surface area contributed by atoms with Crippen LogP contribution in [-0.2, 0) is 0 Å². The van der Waals surface area contributed by atoms with Crippen LogP contribution in [0, 0.1) is 0 Å². The smallest absolute Gasteiger partial charge is 0.269 e. The van der Waals surface area contributed by atoms with Crippen molar-refractivity contribution in [3.63, 3.8) is 0 Å². The zero-order chi connectivity index (χ0) is 0. The van der Waals surface area contributed by atoms with E-state index in [0.29, 0.717) is 0 Å². The van der Waals surface area contributed by atoms with Gasteiger partial charge in [-0.2, -0.15) is 0 Å². The molecule has 7 heteroatoms. The minimum Gasteiger partial charge on any atom is -0.412 e. The lowest BCUT2D eigenvalue weighted by molar-refractivity contribution is 0.823. The summed E-state index contributed by atoms with van der Waals surface area (Å²) < 4.78 is 0. The second-order valence-electron chi connectivity index (χ2n) is 0. The van der Waals surface area contributed by atoms with Gasteiger partial charge in [0.15, 0.2) is 0 Å². The molecule has 0 atom stereocenters. The molecule has 6 nitrogen and oxygen atoms in total. The van der Waals surface area contributed by atoms with Crippen LogP contribution in [0.1, 0.15) is 0 Å². The predicted octanol–water partition coefficient (Wildman–Crippen LogP) is -4.80. The number of hydrogen-bond acceptors (Lipinski definition) is 0. The van der Waals surface area contributed by atoms with Crippen LogP contribution < -0.4 is 0 Å². The van der Waals surface area contributed by atoms with Crippen LogP contribution in [0.25, 0.3) is 0 Å². The van der Waals surface area contributed by atoms with Crippen LogP contribution in [0.2, 0.25) is 0 Å². The van der Waals surface area contributed by atoms with Gasteiger partial charge in [-0.25, -0.2) is 0 Å². The summed E-state index contributed by atoms with van der Waals surface area (Å²) in [4.78, 5) is 0. The van der Waals surface area contributed by atoms with Crippen molar-refractivity contribution < 1.29 is 37.6 Å². The van der Waals surface area contributed by atoms with Gasteiger partial charge in [-0.15, -0.1) is 0 Å². The fraction of sp³-hybridized carbons (Fsp3) is 0. The molecule has 56 valence electrons. The van der Waals surface area contributed by atoms with Gasteiger partial charge < -0.3 is 32.9 Å². The number of rotatable bonds is 0. The van der Waals surface area contributed by atoms with Gasteiger partial charge in [-0.05, 0) is 0 Å². The lowest BCUT2D eigenvalue weighted by Crippen LogP contribution is -0.290. The summed E-state index contributed by atoms with van der Waals surface area (Å²) in [6.07, 6.45) is 0. The molecule has 0 saturated heterocycles. The Kier molecular flexibility index (Phi) is 419000. The third kappa shape index (κ3) is 806. The summed E-state index contributed by atoms with van der Waals surface area (Å²) in [5, 5.41) is 0. The van der Waals surface area contributed by atoms with Crippen molar-refractivity contribution in [3.05, 3.63) is 0 Å². The van der Waals surface area contributed by atoms with Crippen molar-refractivity contribution in [2.75, 3.05) is 0 Å². The highest BCUT2D eigenvalue weighted by atomic mass is 19.0. The zero-order valence-corrected chi connectivity index (χ0v) is 3.41. The minimum absolute atomic E-state index is 0. The predicted molar refractivity (Wildman–Crippen MR) is 24.2 cm³/mol. The van der Waals surface area contributed by atoms with Crippen molar-refractivity contribution in [2.45, 2.75) is 0 Å². The van der Waals surface area contributed by atoms with Crippen molar-refractivity contribution in [1.82, 2.24) is 0 Å². The summed E-state index contributed by atoms with van der Waals surface area (Å²) in [6, 6.07) is 0. The molecule has 0 amide bonds. The topological polar surface area (TPSA) is 189 Å². The van der Waals surface area contributed by atoms with E-state index in [9.17, 15) is 0 Å². The molecule has 0 aliphatic carbocycles. The third-order valence-electron chi connectivity index (χ3n) is 0. The lowest BCUT2D eigenvalue weighted by atomic mass is 16.0. The van der Waals surface area contributed by atoms with Crippen molar-refractivity contribution in [1.29, 1.82) is 0 Å². The number of hydrogen-bond donors (Lipinski definition) is 0. The summed E-state index contributed by atoms with van der Waals surface area (Å²) >= 11 is 0. The van der Waals surface area contributed by atoms with Crippen LogP contribution in [-0.4, -0.2) is 32.9 Å². The molecule has 0 unspecified atom stereocenters. The normalized spacial score (nSPS) is 0. The van der Waals surface area contributed by atoms with Crippen molar-refractivity contribution in [2.24, 2.45) is 0 Å². The van der Waals surface area contributed by atoms with Crippen molar-refractivity contribution >= 4 is 0 Å². The second kappa shape index (κ2) is 1300. The molecular formula is H13FO6. The molecule has 7 heavy (non-hydrogen) atoms. The van der Waals surface area contributed by atoms with Crippen LogP contribution >= 0.6 is 0 Å². The molecule has 0 aromatic carbocycles. The summed E-state index contributed by atoms with van der Waals surface area (Å²) in [6.45, 7) is 0. The fourth-order valence-corrected chi connectivity index (χ4v) is 0. The van der Waals surface area contributed by atoms with E-state index >= 15 is 0 Å². The highest BCUT2D eigenvalue weighted by molar-refractivity contribution is 1.11. The van der Waals surface area contributed by atoms with Gasteiger partial charge in [0, 0.05) is 0 Å². The first-order valence-corrected chi connectivity index (χ1v) is 0. The zero-order valence-electron chi connectivity index (χ0n) is 3.41. The third-order valence-corrected chi connectivity index (χ3v) is 0. The molecule has 0 aromatic rings.